The molecule has 0 aliphatic carbocycles. The molecule has 1 aromatic rings. The van der Waals surface area contributed by atoms with Crippen molar-refractivity contribution in [1.29, 1.82) is 0 Å². The highest BCUT2D eigenvalue weighted by Gasteiger charge is 2.32. The lowest BCUT2D eigenvalue weighted by Gasteiger charge is -2.27. The van der Waals surface area contributed by atoms with Gasteiger partial charge in [0.05, 0.1) is 0 Å². The molecule has 2 rings (SSSR count). The Kier molecular flexibility index (Phi) is 4.14. The molecule has 0 spiro atoms. The number of carbonyl (C=O) groups is 3. The lowest BCUT2D eigenvalue weighted by atomic mass is 10.0. The van der Waals surface area contributed by atoms with E-state index < -0.39 is 23.6 Å². The fraction of sp³-hybridized carbons (Fsp3) is 0.250. The maximum absolute atomic E-state index is 11.8. The lowest BCUT2D eigenvalue weighted by Crippen LogP contribution is -2.29. The van der Waals surface area contributed by atoms with Crippen LogP contribution in [0.1, 0.15) is 38.0 Å². The van der Waals surface area contributed by atoms with Gasteiger partial charge < -0.3 is 19.4 Å². The molecule has 114 valence electrons. The summed E-state index contributed by atoms with van der Waals surface area (Å²) in [4.78, 5) is 40.8. The number of benzene rings is 1. The molecule has 0 aromatic heterocycles. The number of nitrogens with zero attached hydrogens (tertiary/aromatic N) is 3. The van der Waals surface area contributed by atoms with Gasteiger partial charge in [0, 0.05) is 10.5 Å². The number of aromatic carboxylic acids is 1. The Labute approximate surface area is 122 Å². The molecule has 0 amide bonds. The molecular formula is C12H9N3O7. The zero-order valence-corrected chi connectivity index (χ0v) is 11.2. The van der Waals surface area contributed by atoms with Crippen molar-refractivity contribution in [2.24, 2.45) is 5.28 Å². The molecule has 1 atom stereocenters. The van der Waals surface area contributed by atoms with E-state index in [0.29, 0.717) is 0 Å². The van der Waals surface area contributed by atoms with Crippen LogP contribution in [-0.4, -0.2) is 36.0 Å². The minimum Gasteiger partial charge on any atom is -0.485 e. The fourth-order valence-corrected chi connectivity index (χ4v) is 1.92. The first-order chi connectivity index (χ1) is 10.5. The summed E-state index contributed by atoms with van der Waals surface area (Å²) in [5.74, 6) is -2.94. The minimum absolute atomic E-state index is 0.0638. The summed E-state index contributed by atoms with van der Waals surface area (Å²) >= 11 is 0. The molecule has 1 aromatic carbocycles. The third-order valence-electron chi connectivity index (χ3n) is 2.77. The van der Waals surface area contributed by atoms with Crippen LogP contribution in [0, 0.1) is 0 Å². The maximum Gasteiger partial charge on any atom is 0.353 e. The van der Waals surface area contributed by atoms with Crippen LogP contribution in [0.5, 0.6) is 11.5 Å². The van der Waals surface area contributed by atoms with Crippen molar-refractivity contribution in [2.75, 3.05) is 6.61 Å². The van der Waals surface area contributed by atoms with E-state index in [1.165, 1.54) is 0 Å². The third kappa shape index (κ3) is 2.63. The molecule has 22 heavy (non-hydrogen) atoms. The highest BCUT2D eigenvalue weighted by molar-refractivity contribution is 6.05. The van der Waals surface area contributed by atoms with Crippen LogP contribution in [0.3, 0.4) is 0 Å². The zero-order chi connectivity index (χ0) is 16.3. The van der Waals surface area contributed by atoms with Gasteiger partial charge in [-0.1, -0.05) is 0 Å². The number of azide groups is 1. The number of carboxylic acids is 1. The van der Waals surface area contributed by atoms with Gasteiger partial charge in [-0.15, -0.1) is 0 Å². The normalized spacial score (nSPS) is 15.4. The predicted molar refractivity (Wildman–Crippen MR) is 68.9 cm³/mol. The summed E-state index contributed by atoms with van der Waals surface area (Å²) in [6.07, 6.45) is -0.218. The number of ether oxygens (including phenoxy) is 2. The van der Waals surface area contributed by atoms with Gasteiger partial charge in [0.25, 0.3) is 0 Å². The Morgan fingerprint density at radius 1 is 1.55 bits per heavy atom. The van der Waals surface area contributed by atoms with E-state index >= 15 is 0 Å². The first-order valence-electron chi connectivity index (χ1n) is 5.94. The fourth-order valence-electron chi connectivity index (χ4n) is 1.92. The van der Waals surface area contributed by atoms with Crippen molar-refractivity contribution in [1.82, 2.24) is 0 Å². The number of carboxylic acid groups (broad SMARTS) is 1. The molecule has 0 fully saturated rings. The predicted octanol–water partition coefficient (Wildman–Crippen LogP) is 1.74. The number of rotatable bonds is 4. The van der Waals surface area contributed by atoms with Gasteiger partial charge >= 0.3 is 11.9 Å². The van der Waals surface area contributed by atoms with E-state index in [-0.39, 0.29) is 35.5 Å². The number of fused-ring (bicyclic) bond motifs is 1. The van der Waals surface area contributed by atoms with E-state index in [1.807, 2.05) is 0 Å². The first kappa shape index (κ1) is 15.1. The molecule has 0 radical (unpaired) electrons. The molecule has 0 bridgehead atoms. The molecule has 0 saturated heterocycles. The van der Waals surface area contributed by atoms with E-state index in [9.17, 15) is 19.5 Å². The van der Waals surface area contributed by atoms with Crippen molar-refractivity contribution in [3.63, 3.8) is 0 Å². The minimum atomic E-state index is -1.41. The standard InChI is InChI=1S/C12H9N3O7/c1-5-4-20-9-7(12(19)22-15-14-13)2-6(3-16)8(11(17)18)10(9)21-5/h2-3,5H,4H2,1H3,(H,17,18). The summed E-state index contributed by atoms with van der Waals surface area (Å²) in [5.41, 5.74) is 7.15. The van der Waals surface area contributed by atoms with E-state index in [4.69, 9.17) is 15.0 Å². The number of carbonyl (C=O) groups excluding carboxylic acids is 2. The van der Waals surface area contributed by atoms with Crippen LogP contribution in [0.15, 0.2) is 11.3 Å². The average molecular weight is 307 g/mol. The van der Waals surface area contributed by atoms with Crippen molar-refractivity contribution >= 4 is 18.2 Å². The van der Waals surface area contributed by atoms with Gasteiger partial charge in [0.1, 0.15) is 29.1 Å². The summed E-state index contributed by atoms with van der Waals surface area (Å²) in [6.45, 7) is 1.69. The largest absolute Gasteiger partial charge is 0.485 e. The molecule has 1 unspecified atom stereocenters. The molecule has 10 heteroatoms. The second kappa shape index (κ2) is 6.02. The first-order valence-corrected chi connectivity index (χ1v) is 5.94. The van der Waals surface area contributed by atoms with Crippen LogP contribution < -0.4 is 9.47 Å². The molecule has 1 heterocycles. The highest BCUT2D eigenvalue weighted by Crippen LogP contribution is 2.40. The summed E-state index contributed by atoms with van der Waals surface area (Å²) < 4.78 is 10.7. The van der Waals surface area contributed by atoms with Gasteiger partial charge in [-0.2, -0.15) is 0 Å². The zero-order valence-electron chi connectivity index (χ0n) is 11.2. The van der Waals surface area contributed by atoms with Crippen molar-refractivity contribution in [3.05, 3.63) is 33.2 Å². The van der Waals surface area contributed by atoms with Gasteiger partial charge in [-0.05, 0) is 18.5 Å². The molecule has 1 N–H and O–H groups in total. The van der Waals surface area contributed by atoms with Crippen LogP contribution >= 0.6 is 0 Å². The van der Waals surface area contributed by atoms with Gasteiger partial charge in [0.15, 0.2) is 17.8 Å². The second-order valence-corrected chi connectivity index (χ2v) is 4.26. The van der Waals surface area contributed by atoms with E-state index in [0.717, 1.165) is 6.07 Å². The van der Waals surface area contributed by atoms with Crippen LogP contribution in [0.4, 0.5) is 0 Å². The Balaban J connectivity index is 2.68. The van der Waals surface area contributed by atoms with Crippen LogP contribution in [0.2, 0.25) is 0 Å². The Hall–Kier alpha value is -3.26. The number of aldehydes is 1. The van der Waals surface area contributed by atoms with Crippen LogP contribution in [-0.2, 0) is 4.84 Å². The number of hydrogen-bond donors (Lipinski definition) is 1. The smallest absolute Gasteiger partial charge is 0.353 e. The van der Waals surface area contributed by atoms with Crippen molar-refractivity contribution in [3.8, 4) is 11.5 Å². The van der Waals surface area contributed by atoms with Gasteiger partial charge in [0.2, 0.25) is 0 Å². The Bertz CT molecular complexity index is 709. The molecule has 1 aliphatic rings. The molecule has 0 saturated carbocycles. The number of hydrogen-bond acceptors (Lipinski definition) is 7. The quantitative estimate of drug-likeness (QED) is 0.293. The van der Waals surface area contributed by atoms with E-state index in [2.05, 4.69) is 15.0 Å². The second-order valence-electron chi connectivity index (χ2n) is 4.26. The summed E-state index contributed by atoms with van der Waals surface area (Å²) in [5, 5.41) is 11.9. The average Bonchev–Trinajstić information content (AvgIpc) is 2.50. The highest BCUT2D eigenvalue weighted by atomic mass is 16.7. The molecular weight excluding hydrogens is 298 g/mol. The summed E-state index contributed by atoms with van der Waals surface area (Å²) in [7, 11) is 0. The molecule has 10 nitrogen and oxygen atoms in total. The van der Waals surface area contributed by atoms with E-state index in [1.54, 1.807) is 6.92 Å². The Morgan fingerprint density at radius 2 is 2.27 bits per heavy atom. The third-order valence-corrected chi connectivity index (χ3v) is 2.77. The monoisotopic (exact) mass is 307 g/mol. The van der Waals surface area contributed by atoms with Gasteiger partial charge in [-0.25, -0.2) is 9.59 Å². The lowest BCUT2D eigenvalue weighted by molar-refractivity contribution is 0.0481. The van der Waals surface area contributed by atoms with Gasteiger partial charge in [-0.3, -0.25) is 4.79 Å². The SMILES string of the molecule is CC1COc2c(C(=O)ON=[N+]=[N-])cc(C=O)c(C(=O)O)c2O1. The summed E-state index contributed by atoms with van der Waals surface area (Å²) in [6, 6.07) is 0.976. The van der Waals surface area contributed by atoms with Crippen LogP contribution in [0.25, 0.3) is 10.4 Å². The topological polar surface area (TPSA) is 148 Å². The Morgan fingerprint density at radius 3 is 2.86 bits per heavy atom. The van der Waals surface area contributed by atoms with Crippen molar-refractivity contribution in [2.45, 2.75) is 13.0 Å². The van der Waals surface area contributed by atoms with Crippen molar-refractivity contribution < 1.29 is 33.8 Å². The maximum atomic E-state index is 11.8. The molecule has 1 aliphatic heterocycles.